The molecule has 1 aliphatic rings. The van der Waals surface area contributed by atoms with Gasteiger partial charge in [0.15, 0.2) is 5.78 Å². The molecule has 0 amide bonds. The van der Waals surface area contributed by atoms with E-state index in [1.54, 1.807) is 11.0 Å². The van der Waals surface area contributed by atoms with Crippen molar-refractivity contribution in [3.63, 3.8) is 0 Å². The van der Waals surface area contributed by atoms with Gasteiger partial charge in [0.05, 0.1) is 6.54 Å². The zero-order valence-electron chi connectivity index (χ0n) is 15.0. The average molecular weight is 360 g/mol. The largest absolute Gasteiger partial charge is 0.384 e. The van der Waals surface area contributed by atoms with Crippen LogP contribution in [-0.2, 0) is 20.5 Å². The van der Waals surface area contributed by atoms with Crippen LogP contribution < -0.4 is 21.9 Å². The molecule has 3 rings (SSSR count). The number of rotatable bonds is 3. The van der Waals surface area contributed by atoms with Crippen LogP contribution in [0.5, 0.6) is 0 Å². The Morgan fingerprint density at radius 2 is 1.92 bits per heavy atom. The molecule has 0 saturated heterocycles. The molecule has 138 valence electrons. The number of hydrogen-bond donors (Lipinski definition) is 1. The Kier molecular flexibility index (Phi) is 4.43. The predicted molar refractivity (Wildman–Crippen MR) is 97.3 cm³/mol. The first-order valence-electron chi connectivity index (χ1n) is 8.35. The van der Waals surface area contributed by atoms with Gasteiger partial charge in [0.2, 0.25) is 0 Å². The fourth-order valence-electron chi connectivity index (χ4n) is 3.50. The number of Topliss-reactive ketones (excluding diaryl/α,β-unsaturated/α-hetero) is 1. The Balaban J connectivity index is 2.04. The summed E-state index contributed by atoms with van der Waals surface area (Å²) in [5.41, 5.74) is 6.49. The minimum atomic E-state index is -0.719. The van der Waals surface area contributed by atoms with Crippen molar-refractivity contribution in [3.8, 4) is 0 Å². The molecule has 0 spiro atoms. The quantitative estimate of drug-likeness (QED) is 0.816. The molecule has 0 aliphatic carbocycles. The van der Waals surface area contributed by atoms with Gasteiger partial charge in [-0.15, -0.1) is 0 Å². The van der Waals surface area contributed by atoms with Crippen molar-refractivity contribution < 1.29 is 9.18 Å². The van der Waals surface area contributed by atoms with Crippen LogP contribution in [0.15, 0.2) is 21.7 Å². The first kappa shape index (κ1) is 17.9. The highest BCUT2D eigenvalue weighted by molar-refractivity contribution is 6.02. The zero-order chi connectivity index (χ0) is 19.2. The molecule has 2 N–H and O–H groups in total. The molecule has 2 aromatic rings. The number of hydrogen-bond acceptors (Lipinski definition) is 5. The number of nitrogens with two attached hydrogens (primary N) is 1. The van der Waals surface area contributed by atoms with Crippen LogP contribution in [-0.4, -0.2) is 28.0 Å². The van der Waals surface area contributed by atoms with Gasteiger partial charge in [-0.2, -0.15) is 0 Å². The molecule has 7 nitrogen and oxygen atoms in total. The van der Waals surface area contributed by atoms with Gasteiger partial charge < -0.3 is 10.6 Å². The van der Waals surface area contributed by atoms with Crippen LogP contribution in [0.25, 0.3) is 0 Å². The summed E-state index contributed by atoms with van der Waals surface area (Å²) in [6, 6.07) is 3.11. The maximum absolute atomic E-state index is 14.1. The number of carbonyl (C=O) groups excluding carboxylic acids is 1. The van der Waals surface area contributed by atoms with Crippen LogP contribution in [0.3, 0.4) is 0 Å². The van der Waals surface area contributed by atoms with E-state index in [0.717, 1.165) is 14.7 Å². The third-order valence-corrected chi connectivity index (χ3v) is 4.92. The second-order valence-corrected chi connectivity index (χ2v) is 6.61. The Morgan fingerprint density at radius 3 is 2.62 bits per heavy atom. The van der Waals surface area contributed by atoms with Gasteiger partial charge >= 0.3 is 5.69 Å². The Hall–Kier alpha value is -2.90. The van der Waals surface area contributed by atoms with Gasteiger partial charge in [-0.3, -0.25) is 18.7 Å². The molecule has 2 heterocycles. The number of fused-ring (bicyclic) bond motifs is 1. The van der Waals surface area contributed by atoms with Crippen molar-refractivity contribution in [1.29, 1.82) is 0 Å². The van der Waals surface area contributed by atoms with Gasteiger partial charge in [-0.1, -0.05) is 6.07 Å². The van der Waals surface area contributed by atoms with E-state index >= 15 is 0 Å². The first-order valence-corrected chi connectivity index (χ1v) is 8.35. The molecule has 0 atom stereocenters. The summed E-state index contributed by atoms with van der Waals surface area (Å²) < 4.78 is 16.1. The topological polar surface area (TPSA) is 90.3 Å². The average Bonchev–Trinajstić information content (AvgIpc) is 2.61. The molecule has 26 heavy (non-hydrogen) atoms. The predicted octanol–water partition coefficient (Wildman–Crippen LogP) is 0.749. The van der Waals surface area contributed by atoms with E-state index in [1.807, 2.05) is 6.92 Å². The molecular weight excluding hydrogens is 339 g/mol. The maximum atomic E-state index is 14.1. The van der Waals surface area contributed by atoms with Gasteiger partial charge in [0.25, 0.3) is 5.56 Å². The van der Waals surface area contributed by atoms with Crippen LogP contribution in [0, 0.1) is 12.7 Å². The zero-order valence-corrected chi connectivity index (χ0v) is 15.0. The van der Waals surface area contributed by atoms with Crippen molar-refractivity contribution in [3.05, 3.63) is 55.5 Å². The highest BCUT2D eigenvalue weighted by Crippen LogP contribution is 2.32. The lowest BCUT2D eigenvalue weighted by molar-refractivity contribution is 0.0996. The van der Waals surface area contributed by atoms with Crippen LogP contribution in [0.1, 0.15) is 27.9 Å². The number of nitrogen functional groups attached to an aromatic ring is 1. The molecule has 0 saturated carbocycles. The van der Waals surface area contributed by atoms with Crippen molar-refractivity contribution in [2.75, 3.05) is 23.7 Å². The lowest BCUT2D eigenvalue weighted by atomic mass is 9.97. The fraction of sp³-hybridized carbons (Fsp3) is 0.389. The van der Waals surface area contributed by atoms with Gasteiger partial charge in [0.1, 0.15) is 17.2 Å². The molecule has 1 aromatic carbocycles. The Morgan fingerprint density at radius 1 is 1.23 bits per heavy atom. The number of anilines is 2. The highest BCUT2D eigenvalue weighted by atomic mass is 19.1. The first-order chi connectivity index (χ1) is 12.2. The third kappa shape index (κ3) is 2.71. The molecule has 0 radical (unpaired) electrons. The number of halogens is 1. The van der Waals surface area contributed by atoms with E-state index in [4.69, 9.17) is 5.73 Å². The summed E-state index contributed by atoms with van der Waals surface area (Å²) in [5, 5.41) is 0. The molecule has 8 heteroatoms. The number of aryl methyl sites for hydroxylation is 1. The molecular formula is C18H21FN4O3. The van der Waals surface area contributed by atoms with Crippen molar-refractivity contribution >= 4 is 17.3 Å². The summed E-state index contributed by atoms with van der Waals surface area (Å²) in [4.78, 5) is 38.9. The standard InChI is InChI=1S/C18H21FN4O3/c1-10-6-7-12(19)11-5-4-8-23(15(10)11)9-13(24)14-16(20)21(2)18(26)22(3)17(14)25/h6-7H,4-5,8-9,20H2,1-3H3. The second-order valence-electron chi connectivity index (χ2n) is 6.61. The minimum Gasteiger partial charge on any atom is -0.384 e. The third-order valence-electron chi connectivity index (χ3n) is 4.92. The van der Waals surface area contributed by atoms with E-state index in [9.17, 15) is 18.8 Å². The number of ketones is 1. The van der Waals surface area contributed by atoms with Gasteiger partial charge in [0, 0.05) is 31.9 Å². The van der Waals surface area contributed by atoms with E-state index in [1.165, 1.54) is 20.2 Å². The van der Waals surface area contributed by atoms with E-state index < -0.39 is 17.0 Å². The Bertz CT molecular complexity index is 1020. The van der Waals surface area contributed by atoms with E-state index in [2.05, 4.69) is 0 Å². The van der Waals surface area contributed by atoms with Crippen LogP contribution >= 0.6 is 0 Å². The smallest absolute Gasteiger partial charge is 0.332 e. The molecule has 1 aromatic heterocycles. The van der Waals surface area contributed by atoms with Gasteiger partial charge in [-0.25, -0.2) is 9.18 Å². The minimum absolute atomic E-state index is 0.102. The Labute approximate surface area is 149 Å². The summed E-state index contributed by atoms with van der Waals surface area (Å²) in [6.45, 7) is 2.34. The number of benzene rings is 1. The molecule has 0 unspecified atom stereocenters. The monoisotopic (exact) mass is 360 g/mol. The van der Waals surface area contributed by atoms with Crippen molar-refractivity contribution in [2.24, 2.45) is 14.1 Å². The van der Waals surface area contributed by atoms with E-state index in [0.29, 0.717) is 30.6 Å². The molecule has 1 aliphatic heterocycles. The lowest BCUT2D eigenvalue weighted by Gasteiger charge is -2.32. The van der Waals surface area contributed by atoms with Crippen LogP contribution in [0.4, 0.5) is 15.9 Å². The summed E-state index contributed by atoms with van der Waals surface area (Å²) in [7, 11) is 2.71. The number of aromatic nitrogens is 2. The van der Waals surface area contributed by atoms with Crippen LogP contribution in [0.2, 0.25) is 0 Å². The molecule has 0 fully saturated rings. The normalized spacial score (nSPS) is 13.6. The van der Waals surface area contributed by atoms with Gasteiger partial charge in [-0.05, 0) is 31.4 Å². The lowest BCUT2D eigenvalue weighted by Crippen LogP contribution is -2.44. The number of carbonyl (C=O) groups is 1. The second kappa shape index (κ2) is 6.44. The highest BCUT2D eigenvalue weighted by Gasteiger charge is 2.27. The molecule has 0 bridgehead atoms. The van der Waals surface area contributed by atoms with E-state index in [-0.39, 0.29) is 23.7 Å². The van der Waals surface area contributed by atoms with Crippen molar-refractivity contribution in [1.82, 2.24) is 9.13 Å². The summed E-state index contributed by atoms with van der Waals surface area (Å²) >= 11 is 0. The SMILES string of the molecule is Cc1ccc(F)c2c1N(CC(=O)c1c(N)n(C)c(=O)n(C)c1=O)CCC2. The summed E-state index contributed by atoms with van der Waals surface area (Å²) in [6.07, 6.45) is 1.32. The number of nitrogens with zero attached hydrogens (tertiary/aromatic N) is 3. The maximum Gasteiger partial charge on any atom is 0.332 e. The fourth-order valence-corrected chi connectivity index (χ4v) is 3.50. The summed E-state index contributed by atoms with van der Waals surface area (Å²) in [5.74, 6) is -0.938. The van der Waals surface area contributed by atoms with Crippen molar-refractivity contribution in [2.45, 2.75) is 19.8 Å².